The molecule has 0 bridgehead atoms. The molecule has 0 saturated carbocycles. The lowest BCUT2D eigenvalue weighted by Gasteiger charge is -2.09. The summed E-state index contributed by atoms with van der Waals surface area (Å²) in [5.41, 5.74) is 10.0. The van der Waals surface area contributed by atoms with E-state index in [4.69, 9.17) is 11.0 Å². The lowest BCUT2D eigenvalue weighted by molar-refractivity contribution is 0.551. The van der Waals surface area contributed by atoms with E-state index in [9.17, 15) is 4.57 Å². The molecular formula is C4H14N3OP. The van der Waals surface area contributed by atoms with Gasteiger partial charge in [0, 0.05) is 6.54 Å². The molecule has 0 aromatic heterocycles. The maximum Gasteiger partial charge on any atom is 0.273 e. The maximum atomic E-state index is 10.6. The first-order valence-corrected chi connectivity index (χ1v) is 4.68. The molecule has 4 nitrogen and oxygen atoms in total. The molecule has 56 valence electrons. The molecule has 9 heavy (non-hydrogen) atoms. The summed E-state index contributed by atoms with van der Waals surface area (Å²) in [7, 11) is -2.97. The Morgan fingerprint density at radius 3 is 2.11 bits per heavy atom. The molecule has 0 aromatic carbocycles. The number of hydrogen-bond acceptors (Lipinski definition) is 1. The maximum absolute atomic E-state index is 10.6. The van der Waals surface area contributed by atoms with Crippen molar-refractivity contribution in [1.29, 1.82) is 0 Å². The first-order valence-electron chi connectivity index (χ1n) is 2.84. The summed E-state index contributed by atoms with van der Waals surface area (Å²) in [6.45, 7) is 4.58. The molecule has 0 saturated heterocycles. The lowest BCUT2D eigenvalue weighted by atomic mass is 10.2. The molecule has 0 atom stereocenters. The van der Waals surface area contributed by atoms with Crippen LogP contribution in [0.5, 0.6) is 0 Å². The highest BCUT2D eigenvalue weighted by Crippen LogP contribution is 2.16. The molecule has 0 aliphatic rings. The first kappa shape index (κ1) is 9.11. The van der Waals surface area contributed by atoms with E-state index in [2.05, 4.69) is 5.09 Å². The standard InChI is InChI=1S/C4H14N3OP/c1-4(2)3-7-9(5,6)8/h4H,3H2,1-2H3,(H5,5,6,7,8). The Hall–Kier alpha value is 0.110. The van der Waals surface area contributed by atoms with Crippen molar-refractivity contribution in [1.82, 2.24) is 5.09 Å². The largest absolute Gasteiger partial charge is 0.273 e. The van der Waals surface area contributed by atoms with E-state index < -0.39 is 7.59 Å². The van der Waals surface area contributed by atoms with Gasteiger partial charge in [-0.15, -0.1) is 0 Å². The van der Waals surface area contributed by atoms with E-state index in [1.807, 2.05) is 13.8 Å². The Morgan fingerprint density at radius 1 is 1.56 bits per heavy atom. The van der Waals surface area contributed by atoms with Gasteiger partial charge < -0.3 is 0 Å². The number of hydrogen-bond donors (Lipinski definition) is 3. The van der Waals surface area contributed by atoms with E-state index in [-0.39, 0.29) is 0 Å². The van der Waals surface area contributed by atoms with Crippen LogP contribution >= 0.6 is 7.59 Å². The molecule has 5 N–H and O–H groups in total. The van der Waals surface area contributed by atoms with Gasteiger partial charge in [-0.05, 0) is 5.92 Å². The van der Waals surface area contributed by atoms with Gasteiger partial charge in [0.05, 0.1) is 0 Å². The van der Waals surface area contributed by atoms with Crippen LogP contribution in [0, 0.1) is 5.92 Å². The van der Waals surface area contributed by atoms with Gasteiger partial charge in [-0.3, -0.25) is 15.6 Å². The molecule has 0 amide bonds. The summed E-state index contributed by atoms with van der Waals surface area (Å²) < 4.78 is 10.6. The van der Waals surface area contributed by atoms with Crippen LogP contribution in [0.1, 0.15) is 13.8 Å². The molecule has 0 radical (unpaired) electrons. The van der Waals surface area contributed by atoms with E-state index in [1.165, 1.54) is 0 Å². The fraction of sp³-hybridized carbons (Fsp3) is 1.00. The third-order valence-electron chi connectivity index (χ3n) is 0.747. The van der Waals surface area contributed by atoms with Gasteiger partial charge in [-0.25, -0.2) is 5.09 Å². The highest BCUT2D eigenvalue weighted by atomic mass is 31.2. The third-order valence-corrected chi connectivity index (χ3v) is 1.42. The zero-order valence-electron chi connectivity index (χ0n) is 5.79. The Morgan fingerprint density at radius 2 is 2.00 bits per heavy atom. The summed E-state index contributed by atoms with van der Waals surface area (Å²) in [6.07, 6.45) is 0. The molecule has 0 aliphatic heterocycles. The van der Waals surface area contributed by atoms with Gasteiger partial charge >= 0.3 is 0 Å². The smallest absolute Gasteiger partial charge is 0.271 e. The monoisotopic (exact) mass is 151 g/mol. The molecular weight excluding hydrogens is 137 g/mol. The molecule has 0 spiro atoms. The molecule has 0 rings (SSSR count). The van der Waals surface area contributed by atoms with Crippen LogP contribution < -0.4 is 16.1 Å². The van der Waals surface area contributed by atoms with Gasteiger partial charge in [-0.1, -0.05) is 13.8 Å². The highest BCUT2D eigenvalue weighted by molar-refractivity contribution is 7.56. The van der Waals surface area contributed by atoms with Crippen molar-refractivity contribution in [2.45, 2.75) is 13.8 Å². The second kappa shape index (κ2) is 3.32. The average Bonchev–Trinajstić information content (AvgIpc) is 1.59. The van der Waals surface area contributed by atoms with Crippen LogP contribution in [-0.2, 0) is 4.57 Å². The predicted octanol–water partition coefficient (Wildman–Crippen LogP) is 0.258. The fourth-order valence-corrected chi connectivity index (χ4v) is 0.976. The minimum absolute atomic E-state index is 0.422. The molecule has 0 unspecified atom stereocenters. The Bertz CT molecular complexity index is 119. The first-order chi connectivity index (χ1) is 3.92. The quantitative estimate of drug-likeness (QED) is 0.505. The molecule has 5 heteroatoms. The second-order valence-electron chi connectivity index (χ2n) is 2.47. The minimum atomic E-state index is -2.97. The number of nitrogens with one attached hydrogen (secondary N) is 1. The number of rotatable bonds is 3. The van der Waals surface area contributed by atoms with Crippen molar-refractivity contribution in [3.63, 3.8) is 0 Å². The predicted molar refractivity (Wildman–Crippen MR) is 38.8 cm³/mol. The molecule has 0 fully saturated rings. The average molecular weight is 151 g/mol. The van der Waals surface area contributed by atoms with Gasteiger partial charge in [-0.2, -0.15) is 0 Å². The fourth-order valence-electron chi connectivity index (χ4n) is 0.325. The Kier molecular flexibility index (Phi) is 3.36. The summed E-state index contributed by atoms with van der Waals surface area (Å²) in [5.74, 6) is 0.422. The molecule has 0 aromatic rings. The summed E-state index contributed by atoms with van der Waals surface area (Å²) in [6, 6.07) is 0. The zero-order chi connectivity index (χ0) is 7.49. The van der Waals surface area contributed by atoms with Gasteiger partial charge in [0.2, 0.25) is 0 Å². The van der Waals surface area contributed by atoms with Gasteiger partial charge in [0.15, 0.2) is 0 Å². The SMILES string of the molecule is CC(C)CNP(N)(N)=O. The van der Waals surface area contributed by atoms with Crippen molar-refractivity contribution >= 4 is 7.59 Å². The summed E-state index contributed by atoms with van der Waals surface area (Å²) >= 11 is 0. The van der Waals surface area contributed by atoms with Crippen LogP contribution in [-0.4, -0.2) is 6.54 Å². The van der Waals surface area contributed by atoms with E-state index >= 15 is 0 Å². The van der Waals surface area contributed by atoms with Crippen LogP contribution in [0.2, 0.25) is 0 Å². The highest BCUT2D eigenvalue weighted by Gasteiger charge is 2.06. The van der Waals surface area contributed by atoms with Crippen LogP contribution in [0.25, 0.3) is 0 Å². The van der Waals surface area contributed by atoms with Crippen LogP contribution in [0.3, 0.4) is 0 Å². The third kappa shape index (κ3) is 8.11. The molecule has 0 heterocycles. The minimum Gasteiger partial charge on any atom is -0.271 e. The van der Waals surface area contributed by atoms with E-state index in [0.717, 1.165) is 0 Å². The van der Waals surface area contributed by atoms with Crippen molar-refractivity contribution in [2.75, 3.05) is 6.54 Å². The summed E-state index contributed by atoms with van der Waals surface area (Å²) in [4.78, 5) is 0. The van der Waals surface area contributed by atoms with Gasteiger partial charge in [0.1, 0.15) is 0 Å². The van der Waals surface area contributed by atoms with E-state index in [1.54, 1.807) is 0 Å². The summed E-state index contributed by atoms with van der Waals surface area (Å²) in [5, 5.41) is 2.53. The van der Waals surface area contributed by atoms with E-state index in [0.29, 0.717) is 12.5 Å². The zero-order valence-corrected chi connectivity index (χ0v) is 6.69. The van der Waals surface area contributed by atoms with Crippen molar-refractivity contribution < 1.29 is 4.57 Å². The van der Waals surface area contributed by atoms with Crippen molar-refractivity contribution in [3.05, 3.63) is 0 Å². The van der Waals surface area contributed by atoms with Crippen LogP contribution in [0.4, 0.5) is 0 Å². The lowest BCUT2D eigenvalue weighted by Crippen LogP contribution is -2.25. The number of nitrogens with two attached hydrogens (primary N) is 2. The topological polar surface area (TPSA) is 81.1 Å². The molecule has 0 aliphatic carbocycles. The second-order valence-corrected chi connectivity index (χ2v) is 4.20. The Labute approximate surface area is 55.5 Å². The normalized spacial score (nSPS) is 12.6. The van der Waals surface area contributed by atoms with Crippen molar-refractivity contribution in [3.8, 4) is 0 Å². The van der Waals surface area contributed by atoms with Crippen LogP contribution in [0.15, 0.2) is 0 Å². The Balaban J connectivity index is 3.40. The van der Waals surface area contributed by atoms with Crippen molar-refractivity contribution in [2.24, 2.45) is 16.9 Å². The van der Waals surface area contributed by atoms with Gasteiger partial charge in [0.25, 0.3) is 7.59 Å².